The molecule has 0 radical (unpaired) electrons. The third-order valence-corrected chi connectivity index (χ3v) is 1.98. The number of hydrogen-bond donors (Lipinski definition) is 0. The van der Waals surface area contributed by atoms with E-state index in [-0.39, 0.29) is 0 Å². The largest absolute Gasteiger partial charge is 0.364 e. The Morgan fingerprint density at radius 1 is 1.78 bits per heavy atom. The molecule has 0 fully saturated rings. The van der Waals surface area contributed by atoms with Crippen molar-refractivity contribution in [2.24, 2.45) is 0 Å². The van der Waals surface area contributed by atoms with E-state index in [9.17, 15) is 0 Å². The Morgan fingerprint density at radius 3 is 3.22 bits per heavy atom. The second kappa shape index (κ2) is 3.62. The van der Waals surface area contributed by atoms with Crippen LogP contribution in [0.3, 0.4) is 0 Å². The summed E-state index contributed by atoms with van der Waals surface area (Å²) in [5, 5.41) is 2.13. The number of hydrogen-bond acceptors (Lipinski definition) is 2. The molecule has 0 amide bonds. The normalized spacial score (nSPS) is 18.1. The van der Waals surface area contributed by atoms with Crippen LogP contribution < -0.4 is 0 Å². The van der Waals surface area contributed by atoms with E-state index in [1.54, 1.807) is 0 Å². The van der Waals surface area contributed by atoms with Crippen molar-refractivity contribution in [1.29, 1.82) is 0 Å². The number of thioether (sulfide) groups is 1. The molecule has 1 aliphatic rings. The van der Waals surface area contributed by atoms with Crippen LogP contribution in [0.15, 0.2) is 23.8 Å². The van der Waals surface area contributed by atoms with Crippen molar-refractivity contribution < 1.29 is 0 Å². The molecule has 0 aromatic heterocycles. The number of allylic oxidation sites excluding steroid dienone is 1. The van der Waals surface area contributed by atoms with Crippen molar-refractivity contribution >= 4 is 11.8 Å². The highest BCUT2D eigenvalue weighted by atomic mass is 32.2. The molecule has 9 heavy (non-hydrogen) atoms. The Labute approximate surface area is 60.4 Å². The van der Waals surface area contributed by atoms with Gasteiger partial charge in [-0.25, -0.2) is 0 Å². The Morgan fingerprint density at radius 2 is 2.67 bits per heavy atom. The molecular formula is C7H11NS. The molecule has 50 valence electrons. The van der Waals surface area contributed by atoms with Gasteiger partial charge in [-0.05, 0) is 12.3 Å². The van der Waals surface area contributed by atoms with E-state index < -0.39 is 0 Å². The van der Waals surface area contributed by atoms with Crippen LogP contribution in [0.2, 0.25) is 0 Å². The zero-order valence-electron chi connectivity index (χ0n) is 5.58. The van der Waals surface area contributed by atoms with Gasteiger partial charge in [-0.3, -0.25) is 0 Å². The van der Waals surface area contributed by atoms with E-state index in [2.05, 4.69) is 28.7 Å². The highest BCUT2D eigenvalue weighted by Crippen LogP contribution is 2.13. The van der Waals surface area contributed by atoms with Crippen LogP contribution in [0, 0.1) is 0 Å². The predicted molar refractivity (Wildman–Crippen MR) is 43.1 cm³/mol. The van der Waals surface area contributed by atoms with Gasteiger partial charge < -0.3 is 4.90 Å². The molecule has 0 aromatic rings. The first-order chi connectivity index (χ1) is 4.43. The lowest BCUT2D eigenvalue weighted by atomic mass is 10.5. The molecule has 0 aromatic carbocycles. The monoisotopic (exact) mass is 141 g/mol. The van der Waals surface area contributed by atoms with Gasteiger partial charge in [0.05, 0.1) is 5.88 Å². The van der Waals surface area contributed by atoms with Gasteiger partial charge in [-0.1, -0.05) is 12.2 Å². The molecule has 2 heteroatoms. The first kappa shape index (κ1) is 6.75. The standard InChI is InChI=1S/C7H11NS/c1-2-3-4-8-5-6-9-7-8/h2-3,5-6H,4,7H2,1H3. The van der Waals surface area contributed by atoms with Gasteiger partial charge in [0.2, 0.25) is 0 Å². The Kier molecular flexibility index (Phi) is 2.71. The zero-order valence-corrected chi connectivity index (χ0v) is 6.40. The minimum atomic E-state index is 1.06. The van der Waals surface area contributed by atoms with E-state index in [4.69, 9.17) is 0 Å². The average molecular weight is 141 g/mol. The topological polar surface area (TPSA) is 3.24 Å². The van der Waals surface area contributed by atoms with E-state index in [1.807, 2.05) is 18.7 Å². The van der Waals surface area contributed by atoms with Gasteiger partial charge >= 0.3 is 0 Å². The van der Waals surface area contributed by atoms with Crippen LogP contribution in [0.5, 0.6) is 0 Å². The maximum Gasteiger partial charge on any atom is 0.0678 e. The molecule has 1 heterocycles. The molecule has 1 nitrogen and oxygen atoms in total. The summed E-state index contributed by atoms with van der Waals surface area (Å²) in [7, 11) is 0. The number of nitrogens with zero attached hydrogens (tertiary/aromatic N) is 1. The smallest absolute Gasteiger partial charge is 0.0678 e. The highest BCUT2D eigenvalue weighted by Gasteiger charge is 1.99. The van der Waals surface area contributed by atoms with Crippen molar-refractivity contribution in [2.45, 2.75) is 6.92 Å². The lowest BCUT2D eigenvalue weighted by Gasteiger charge is -2.09. The van der Waals surface area contributed by atoms with Crippen LogP contribution >= 0.6 is 11.8 Å². The predicted octanol–water partition coefficient (Wildman–Crippen LogP) is 2.04. The zero-order chi connectivity index (χ0) is 6.53. The van der Waals surface area contributed by atoms with E-state index in [0.717, 1.165) is 12.4 Å². The SMILES string of the molecule is CC=CCN1C=CSC1. The van der Waals surface area contributed by atoms with Gasteiger partial charge in [0.1, 0.15) is 0 Å². The van der Waals surface area contributed by atoms with Crippen molar-refractivity contribution in [3.63, 3.8) is 0 Å². The molecule has 0 saturated heterocycles. The summed E-state index contributed by atoms with van der Waals surface area (Å²) in [6.07, 6.45) is 6.37. The Balaban J connectivity index is 2.20. The minimum absolute atomic E-state index is 1.06. The molecule has 0 saturated carbocycles. The van der Waals surface area contributed by atoms with Gasteiger partial charge in [-0.2, -0.15) is 0 Å². The van der Waals surface area contributed by atoms with Gasteiger partial charge in [0.25, 0.3) is 0 Å². The van der Waals surface area contributed by atoms with Crippen molar-refractivity contribution in [1.82, 2.24) is 4.90 Å². The molecule has 0 atom stereocenters. The summed E-state index contributed by atoms with van der Waals surface area (Å²) in [6, 6.07) is 0. The van der Waals surface area contributed by atoms with Gasteiger partial charge in [-0.15, -0.1) is 11.8 Å². The average Bonchev–Trinajstić information content (AvgIpc) is 2.34. The van der Waals surface area contributed by atoms with Gasteiger partial charge in [0, 0.05) is 12.7 Å². The van der Waals surface area contributed by atoms with Crippen molar-refractivity contribution in [3.05, 3.63) is 23.8 Å². The number of rotatable bonds is 2. The summed E-state index contributed by atoms with van der Waals surface area (Å²) >= 11 is 1.84. The molecule has 1 aliphatic heterocycles. The maximum atomic E-state index is 2.27. The third kappa shape index (κ3) is 2.14. The maximum absolute atomic E-state index is 2.27. The lowest BCUT2D eigenvalue weighted by Crippen LogP contribution is -2.11. The van der Waals surface area contributed by atoms with E-state index in [1.165, 1.54) is 0 Å². The minimum Gasteiger partial charge on any atom is -0.364 e. The molecule has 0 bridgehead atoms. The van der Waals surface area contributed by atoms with Crippen LogP contribution in [0.25, 0.3) is 0 Å². The molecular weight excluding hydrogens is 130 g/mol. The van der Waals surface area contributed by atoms with Crippen LogP contribution in [-0.2, 0) is 0 Å². The van der Waals surface area contributed by atoms with Crippen LogP contribution in [-0.4, -0.2) is 17.3 Å². The van der Waals surface area contributed by atoms with Gasteiger partial charge in [0.15, 0.2) is 0 Å². The summed E-state index contributed by atoms with van der Waals surface area (Å²) in [5.74, 6) is 1.12. The van der Waals surface area contributed by atoms with Crippen LogP contribution in [0.1, 0.15) is 6.92 Å². The molecule has 0 unspecified atom stereocenters. The second-order valence-corrected chi connectivity index (χ2v) is 2.78. The molecule has 0 aliphatic carbocycles. The molecule has 0 N–H and O–H groups in total. The van der Waals surface area contributed by atoms with E-state index in [0.29, 0.717) is 0 Å². The highest BCUT2D eigenvalue weighted by molar-refractivity contribution is 8.02. The quantitative estimate of drug-likeness (QED) is 0.541. The first-order valence-electron chi connectivity index (χ1n) is 3.07. The molecule has 1 rings (SSSR count). The lowest BCUT2D eigenvalue weighted by molar-refractivity contribution is 0.499. The molecule has 0 spiro atoms. The summed E-state index contributed by atoms with van der Waals surface area (Å²) in [4.78, 5) is 2.27. The fraction of sp³-hybridized carbons (Fsp3) is 0.429. The Bertz CT molecular complexity index is 129. The summed E-state index contributed by atoms with van der Waals surface area (Å²) in [5.41, 5.74) is 0. The Hall–Kier alpha value is -0.370. The fourth-order valence-electron chi connectivity index (χ4n) is 0.665. The van der Waals surface area contributed by atoms with Crippen molar-refractivity contribution in [2.75, 3.05) is 12.4 Å². The second-order valence-electron chi connectivity index (χ2n) is 1.92. The van der Waals surface area contributed by atoms with Crippen LogP contribution in [0.4, 0.5) is 0 Å². The third-order valence-electron chi connectivity index (χ3n) is 1.18. The first-order valence-corrected chi connectivity index (χ1v) is 4.12. The van der Waals surface area contributed by atoms with E-state index >= 15 is 0 Å². The summed E-state index contributed by atoms with van der Waals surface area (Å²) < 4.78 is 0. The summed E-state index contributed by atoms with van der Waals surface area (Å²) in [6.45, 7) is 3.10. The fourth-order valence-corrected chi connectivity index (χ4v) is 1.39. The van der Waals surface area contributed by atoms with Crippen molar-refractivity contribution in [3.8, 4) is 0 Å².